The first-order valence-corrected chi connectivity index (χ1v) is 9.19. The first-order valence-electron chi connectivity index (χ1n) is 9.19. The largest absolute Gasteiger partial charge is 0.299 e. The molecule has 0 aromatic carbocycles. The van der Waals surface area contributed by atoms with E-state index in [-0.39, 0.29) is 0 Å². The van der Waals surface area contributed by atoms with Crippen LogP contribution in [0.4, 0.5) is 0 Å². The van der Waals surface area contributed by atoms with Crippen LogP contribution in [-0.2, 0) is 0 Å². The zero-order valence-electron chi connectivity index (χ0n) is 15.7. The molecule has 0 spiro atoms. The van der Waals surface area contributed by atoms with Gasteiger partial charge in [0, 0.05) is 12.6 Å². The van der Waals surface area contributed by atoms with Crippen LogP contribution in [0.25, 0.3) is 0 Å². The van der Waals surface area contributed by atoms with Crippen molar-refractivity contribution in [1.82, 2.24) is 4.90 Å². The fraction of sp³-hybridized carbons (Fsp3) is 0.714. The highest BCUT2D eigenvalue weighted by Crippen LogP contribution is 2.38. The molecule has 22 heavy (non-hydrogen) atoms. The maximum Gasteiger partial charge on any atom is 0.0233 e. The molecule has 0 bridgehead atoms. The van der Waals surface area contributed by atoms with Gasteiger partial charge in [-0.25, -0.2) is 0 Å². The van der Waals surface area contributed by atoms with Gasteiger partial charge in [-0.15, -0.1) is 0 Å². The molecule has 1 nitrogen and oxygen atoms in total. The molecule has 1 saturated carbocycles. The number of hydrogen-bond acceptors (Lipinski definition) is 1. The van der Waals surface area contributed by atoms with Crippen molar-refractivity contribution in [2.24, 2.45) is 11.3 Å². The highest BCUT2D eigenvalue weighted by molar-refractivity contribution is 5.28. The molecule has 0 amide bonds. The number of hydrogen-bond donors (Lipinski definition) is 0. The van der Waals surface area contributed by atoms with Gasteiger partial charge in [0.05, 0.1) is 0 Å². The Balaban J connectivity index is 0.00000116. The third-order valence-corrected chi connectivity index (χ3v) is 5.03. The monoisotopic (exact) mass is 303 g/mol. The van der Waals surface area contributed by atoms with Crippen LogP contribution in [0.15, 0.2) is 36.0 Å². The van der Waals surface area contributed by atoms with Crippen LogP contribution in [0.3, 0.4) is 0 Å². The summed E-state index contributed by atoms with van der Waals surface area (Å²) in [6.45, 7) is 12.3. The highest BCUT2D eigenvalue weighted by Gasteiger charge is 2.30. The van der Waals surface area contributed by atoms with Gasteiger partial charge in [-0.05, 0) is 56.1 Å². The summed E-state index contributed by atoms with van der Waals surface area (Å²) in [6, 6.07) is 0.773. The van der Waals surface area contributed by atoms with Crippen molar-refractivity contribution in [2.45, 2.75) is 72.8 Å². The second-order valence-corrected chi connectivity index (χ2v) is 7.59. The molecule has 0 aromatic heterocycles. The second kappa shape index (κ2) is 9.35. The average Bonchev–Trinajstić information content (AvgIpc) is 2.77. The predicted octanol–water partition coefficient (Wildman–Crippen LogP) is 5.99. The maximum absolute atomic E-state index is 2.56. The summed E-state index contributed by atoms with van der Waals surface area (Å²) >= 11 is 0. The van der Waals surface area contributed by atoms with E-state index in [2.05, 4.69) is 63.1 Å². The van der Waals surface area contributed by atoms with Crippen molar-refractivity contribution in [3.63, 3.8) is 0 Å². The van der Waals surface area contributed by atoms with Gasteiger partial charge in [0.1, 0.15) is 0 Å². The molecular formula is C21H37N. The van der Waals surface area contributed by atoms with E-state index in [0.29, 0.717) is 5.41 Å². The van der Waals surface area contributed by atoms with E-state index in [1.807, 2.05) is 13.8 Å². The second-order valence-electron chi connectivity index (χ2n) is 7.59. The molecule has 2 aliphatic rings. The summed E-state index contributed by atoms with van der Waals surface area (Å²) in [4.78, 5) is 2.56. The third-order valence-electron chi connectivity index (χ3n) is 5.03. The van der Waals surface area contributed by atoms with Crippen LogP contribution in [0.5, 0.6) is 0 Å². The molecule has 0 aromatic rings. The van der Waals surface area contributed by atoms with Crippen molar-refractivity contribution < 1.29 is 0 Å². The van der Waals surface area contributed by atoms with Gasteiger partial charge >= 0.3 is 0 Å². The Hall–Kier alpha value is -0.820. The molecule has 0 aliphatic heterocycles. The quantitative estimate of drug-likeness (QED) is 0.619. The van der Waals surface area contributed by atoms with E-state index in [9.17, 15) is 0 Å². The summed E-state index contributed by atoms with van der Waals surface area (Å²) in [5, 5.41) is 0. The summed E-state index contributed by atoms with van der Waals surface area (Å²) < 4.78 is 0. The lowest BCUT2D eigenvalue weighted by molar-refractivity contribution is 0.116. The van der Waals surface area contributed by atoms with Gasteiger partial charge in [0.2, 0.25) is 0 Å². The molecule has 0 unspecified atom stereocenters. The van der Waals surface area contributed by atoms with Gasteiger partial charge in [0.15, 0.2) is 0 Å². The molecule has 0 saturated heterocycles. The van der Waals surface area contributed by atoms with E-state index in [4.69, 9.17) is 0 Å². The van der Waals surface area contributed by atoms with E-state index in [1.165, 1.54) is 31.3 Å². The average molecular weight is 304 g/mol. The lowest BCUT2D eigenvalue weighted by Crippen LogP contribution is -2.38. The summed E-state index contributed by atoms with van der Waals surface area (Å²) in [5.74, 6) is 0.909. The Kier molecular flexibility index (Phi) is 8.17. The minimum atomic E-state index is 0.487. The van der Waals surface area contributed by atoms with Crippen LogP contribution in [0, 0.1) is 11.3 Å². The van der Waals surface area contributed by atoms with Crippen molar-refractivity contribution in [1.29, 1.82) is 0 Å². The van der Waals surface area contributed by atoms with Crippen LogP contribution in [0.2, 0.25) is 0 Å². The van der Waals surface area contributed by atoms with Crippen molar-refractivity contribution in [3.8, 4) is 0 Å². The molecule has 126 valence electrons. The van der Waals surface area contributed by atoms with E-state index < -0.39 is 0 Å². The fourth-order valence-electron chi connectivity index (χ4n) is 3.53. The van der Waals surface area contributed by atoms with Crippen molar-refractivity contribution in [3.05, 3.63) is 36.0 Å². The Morgan fingerprint density at radius 2 is 1.68 bits per heavy atom. The fourth-order valence-corrected chi connectivity index (χ4v) is 3.53. The SMILES string of the molecule is CC.CN(CC1=CC=CCC=C1)C1CCC(C(C)(C)C)CC1. The topological polar surface area (TPSA) is 3.24 Å². The van der Waals surface area contributed by atoms with Gasteiger partial charge in [-0.3, -0.25) is 4.90 Å². The molecule has 0 atom stereocenters. The number of rotatable bonds is 3. The number of nitrogens with zero attached hydrogens (tertiary/aromatic N) is 1. The van der Waals surface area contributed by atoms with Crippen LogP contribution in [-0.4, -0.2) is 24.5 Å². The number of likely N-dealkylation sites (N-methyl/N-ethyl adjacent to an activating group) is 1. The molecule has 2 rings (SSSR count). The lowest BCUT2D eigenvalue weighted by Gasteiger charge is -2.40. The Bertz CT molecular complexity index is 387. The predicted molar refractivity (Wildman–Crippen MR) is 100 cm³/mol. The zero-order chi connectivity index (χ0) is 16.6. The third kappa shape index (κ3) is 6.12. The highest BCUT2D eigenvalue weighted by atomic mass is 15.1. The molecule has 1 heteroatoms. The normalized spacial score (nSPS) is 25.3. The van der Waals surface area contributed by atoms with Gasteiger partial charge in [0.25, 0.3) is 0 Å². The lowest BCUT2D eigenvalue weighted by atomic mass is 9.71. The van der Waals surface area contributed by atoms with Gasteiger partial charge in [-0.1, -0.05) is 65.0 Å². The maximum atomic E-state index is 2.56. The Morgan fingerprint density at radius 3 is 2.27 bits per heavy atom. The minimum absolute atomic E-state index is 0.487. The van der Waals surface area contributed by atoms with Crippen molar-refractivity contribution >= 4 is 0 Å². The summed E-state index contributed by atoms with van der Waals surface area (Å²) in [5.41, 5.74) is 1.93. The summed E-state index contributed by atoms with van der Waals surface area (Å²) in [6.07, 6.45) is 17.8. The van der Waals surface area contributed by atoms with Gasteiger partial charge in [-0.2, -0.15) is 0 Å². The molecule has 0 N–H and O–H groups in total. The van der Waals surface area contributed by atoms with E-state index in [0.717, 1.165) is 24.9 Å². The molecule has 0 radical (unpaired) electrons. The van der Waals surface area contributed by atoms with E-state index in [1.54, 1.807) is 0 Å². The van der Waals surface area contributed by atoms with Gasteiger partial charge < -0.3 is 0 Å². The van der Waals surface area contributed by atoms with Crippen LogP contribution >= 0.6 is 0 Å². The van der Waals surface area contributed by atoms with Crippen molar-refractivity contribution in [2.75, 3.05) is 13.6 Å². The standard InChI is InChI=1S/C19H31N.C2H6/c1-19(2,3)17-11-13-18(14-12-17)20(4)15-16-9-7-5-6-8-10-16;1-2/h5,7-10,17-18H,6,11-15H2,1-4H3;1-2H3. The summed E-state index contributed by atoms with van der Waals surface area (Å²) in [7, 11) is 2.30. The molecule has 2 aliphatic carbocycles. The van der Waals surface area contributed by atoms with Crippen LogP contribution in [0.1, 0.15) is 66.7 Å². The van der Waals surface area contributed by atoms with E-state index >= 15 is 0 Å². The molecular weight excluding hydrogens is 266 g/mol. The Labute approximate surface area is 139 Å². The number of allylic oxidation sites excluding steroid dienone is 4. The first kappa shape index (κ1) is 19.2. The zero-order valence-corrected chi connectivity index (χ0v) is 15.7. The molecule has 1 fully saturated rings. The van der Waals surface area contributed by atoms with Crippen LogP contribution < -0.4 is 0 Å². The first-order chi connectivity index (χ1) is 10.5. The Morgan fingerprint density at radius 1 is 1.05 bits per heavy atom. The molecule has 0 heterocycles. The minimum Gasteiger partial charge on any atom is -0.299 e. The smallest absolute Gasteiger partial charge is 0.0233 e.